The molecule has 1 heterocycles. The van der Waals surface area contributed by atoms with E-state index in [1.54, 1.807) is 13.8 Å². The van der Waals surface area contributed by atoms with Crippen LogP contribution in [0.25, 0.3) is 0 Å². The van der Waals surface area contributed by atoms with Crippen LogP contribution in [0.2, 0.25) is 0 Å². The number of aliphatic carboxylic acids is 1. The maximum Gasteiger partial charge on any atom is 0.309 e. The molecule has 1 N–H and O–H groups in total. The van der Waals surface area contributed by atoms with Crippen LogP contribution < -0.4 is 4.90 Å². The molecule has 0 atom stereocenters. The zero-order chi connectivity index (χ0) is 19.5. The molecule has 1 aliphatic heterocycles. The summed E-state index contributed by atoms with van der Waals surface area (Å²) >= 11 is 0. The van der Waals surface area contributed by atoms with Crippen molar-refractivity contribution in [3.8, 4) is 0 Å². The summed E-state index contributed by atoms with van der Waals surface area (Å²) in [5, 5.41) is 9.08. The first-order valence-electron chi connectivity index (χ1n) is 10.2. The molecule has 5 heteroatoms. The molecule has 0 aliphatic carbocycles. The monoisotopic (exact) mass is 377 g/mol. The van der Waals surface area contributed by atoms with Crippen LogP contribution in [0, 0.1) is 5.41 Å². The van der Waals surface area contributed by atoms with Gasteiger partial charge in [-0.25, -0.2) is 0 Å². The number of nitrogens with zero attached hydrogens (tertiary/aromatic N) is 1. The average Bonchev–Trinajstić information content (AvgIpc) is 2.67. The van der Waals surface area contributed by atoms with Crippen molar-refractivity contribution in [3.05, 3.63) is 29.8 Å². The maximum absolute atomic E-state index is 11.0. The van der Waals surface area contributed by atoms with Crippen LogP contribution in [0.4, 0.5) is 5.69 Å². The first-order chi connectivity index (χ1) is 13.0. The van der Waals surface area contributed by atoms with Gasteiger partial charge in [-0.1, -0.05) is 18.6 Å². The van der Waals surface area contributed by atoms with Gasteiger partial charge in [0.1, 0.15) is 0 Å². The molecule has 1 aromatic carbocycles. The van der Waals surface area contributed by atoms with Crippen LogP contribution in [0.3, 0.4) is 0 Å². The molecule has 0 saturated carbocycles. The van der Waals surface area contributed by atoms with Gasteiger partial charge in [0.05, 0.1) is 18.6 Å². The number of carboxylic acid groups (broad SMARTS) is 1. The Kier molecular flexibility index (Phi) is 9.08. The van der Waals surface area contributed by atoms with Gasteiger partial charge in [-0.2, -0.15) is 0 Å². The summed E-state index contributed by atoms with van der Waals surface area (Å²) in [6.07, 6.45) is 5.80. The van der Waals surface area contributed by atoms with E-state index in [9.17, 15) is 4.79 Å². The van der Waals surface area contributed by atoms with Crippen molar-refractivity contribution >= 4 is 11.7 Å². The first-order valence-corrected chi connectivity index (χ1v) is 10.2. The highest BCUT2D eigenvalue weighted by Crippen LogP contribution is 2.23. The smallest absolute Gasteiger partial charge is 0.309 e. The number of morpholine rings is 1. The molecule has 1 aromatic rings. The zero-order valence-electron chi connectivity index (χ0n) is 16.9. The largest absolute Gasteiger partial charge is 0.481 e. The highest BCUT2D eigenvalue weighted by molar-refractivity contribution is 5.73. The van der Waals surface area contributed by atoms with Gasteiger partial charge in [-0.05, 0) is 63.6 Å². The molecule has 0 unspecified atom stereocenters. The third-order valence-corrected chi connectivity index (χ3v) is 5.24. The Balaban J connectivity index is 1.50. The van der Waals surface area contributed by atoms with Crippen molar-refractivity contribution in [2.24, 2.45) is 5.41 Å². The van der Waals surface area contributed by atoms with Crippen molar-refractivity contribution < 1.29 is 19.4 Å². The standard InChI is InChI=1S/C22H35NO4/c1-22(2,21(24)25)12-4-6-16-26-15-5-3-7-19-8-10-20(11-9-19)23-13-17-27-18-14-23/h8-11H,3-7,12-18H2,1-2H3,(H,24,25). The second-order valence-corrected chi connectivity index (χ2v) is 7.98. The Bertz CT molecular complexity index is 550. The molecule has 1 saturated heterocycles. The molecule has 0 aromatic heterocycles. The number of benzene rings is 1. The van der Waals surface area contributed by atoms with E-state index >= 15 is 0 Å². The molecule has 1 aliphatic rings. The highest BCUT2D eigenvalue weighted by Gasteiger charge is 2.25. The molecule has 0 bridgehead atoms. The first kappa shape index (κ1) is 21.7. The minimum atomic E-state index is -0.721. The fourth-order valence-corrected chi connectivity index (χ4v) is 3.21. The molecule has 0 radical (unpaired) electrons. The third kappa shape index (κ3) is 7.89. The van der Waals surface area contributed by atoms with Gasteiger partial charge >= 0.3 is 5.97 Å². The third-order valence-electron chi connectivity index (χ3n) is 5.24. The molecule has 0 spiro atoms. The Hall–Kier alpha value is -1.59. The molecular weight excluding hydrogens is 342 g/mol. The number of hydrogen-bond donors (Lipinski definition) is 1. The van der Waals surface area contributed by atoms with E-state index in [2.05, 4.69) is 29.2 Å². The van der Waals surface area contributed by atoms with E-state index < -0.39 is 11.4 Å². The predicted molar refractivity (Wildman–Crippen MR) is 108 cm³/mol. The average molecular weight is 378 g/mol. The minimum absolute atomic E-state index is 0.628. The summed E-state index contributed by atoms with van der Waals surface area (Å²) in [5.74, 6) is -0.721. The lowest BCUT2D eigenvalue weighted by Gasteiger charge is -2.28. The van der Waals surface area contributed by atoms with E-state index in [0.717, 1.165) is 71.6 Å². The van der Waals surface area contributed by atoms with Gasteiger partial charge in [-0.3, -0.25) is 4.79 Å². The van der Waals surface area contributed by atoms with Crippen LogP contribution in [-0.2, 0) is 20.7 Å². The van der Waals surface area contributed by atoms with Gasteiger partial charge in [0.2, 0.25) is 0 Å². The minimum Gasteiger partial charge on any atom is -0.481 e. The second kappa shape index (κ2) is 11.3. The quantitative estimate of drug-likeness (QED) is 0.555. The Morgan fingerprint density at radius 2 is 1.70 bits per heavy atom. The fourth-order valence-electron chi connectivity index (χ4n) is 3.21. The van der Waals surface area contributed by atoms with Crippen molar-refractivity contribution in [2.75, 3.05) is 44.4 Å². The normalized spacial score (nSPS) is 15.1. The van der Waals surface area contributed by atoms with E-state index in [1.165, 1.54) is 11.3 Å². The number of ether oxygens (including phenoxy) is 2. The van der Waals surface area contributed by atoms with Crippen LogP contribution in [0.15, 0.2) is 24.3 Å². The molecular formula is C22H35NO4. The number of anilines is 1. The molecule has 2 rings (SSSR count). The second-order valence-electron chi connectivity index (χ2n) is 7.98. The summed E-state index contributed by atoms with van der Waals surface area (Å²) in [6.45, 7) is 8.67. The van der Waals surface area contributed by atoms with E-state index in [0.29, 0.717) is 6.42 Å². The Labute approximate surface area is 163 Å². The molecule has 152 valence electrons. The van der Waals surface area contributed by atoms with Gasteiger partial charge in [0.25, 0.3) is 0 Å². The topological polar surface area (TPSA) is 59.0 Å². The van der Waals surface area contributed by atoms with Crippen molar-refractivity contribution in [2.45, 2.75) is 52.4 Å². The van der Waals surface area contributed by atoms with Crippen LogP contribution in [0.1, 0.15) is 51.5 Å². The summed E-state index contributed by atoms with van der Waals surface area (Å²) < 4.78 is 11.1. The Morgan fingerprint density at radius 3 is 2.33 bits per heavy atom. The summed E-state index contributed by atoms with van der Waals surface area (Å²) in [4.78, 5) is 13.4. The lowest BCUT2D eigenvalue weighted by molar-refractivity contribution is -0.147. The van der Waals surface area contributed by atoms with Gasteiger partial charge in [-0.15, -0.1) is 0 Å². The predicted octanol–water partition coefficient (Wildman–Crippen LogP) is 4.14. The number of rotatable bonds is 12. The number of carbonyl (C=O) groups is 1. The number of aryl methyl sites for hydroxylation is 1. The lowest BCUT2D eigenvalue weighted by atomic mass is 9.87. The van der Waals surface area contributed by atoms with Crippen LogP contribution in [-0.4, -0.2) is 50.6 Å². The lowest BCUT2D eigenvalue weighted by Crippen LogP contribution is -2.36. The highest BCUT2D eigenvalue weighted by atomic mass is 16.5. The van der Waals surface area contributed by atoms with Gasteiger partial charge in [0, 0.05) is 32.0 Å². The Morgan fingerprint density at radius 1 is 1.07 bits per heavy atom. The SMILES string of the molecule is CC(C)(CCCCOCCCCc1ccc(N2CCOCC2)cc1)C(=O)O. The van der Waals surface area contributed by atoms with E-state index in [1.807, 2.05) is 0 Å². The summed E-state index contributed by atoms with van der Waals surface area (Å²) in [6, 6.07) is 8.90. The number of hydrogen-bond acceptors (Lipinski definition) is 4. The molecule has 1 fully saturated rings. The fraction of sp³-hybridized carbons (Fsp3) is 0.682. The zero-order valence-corrected chi connectivity index (χ0v) is 16.9. The van der Waals surface area contributed by atoms with Gasteiger partial charge in [0.15, 0.2) is 0 Å². The van der Waals surface area contributed by atoms with E-state index in [4.69, 9.17) is 14.6 Å². The molecule has 5 nitrogen and oxygen atoms in total. The van der Waals surface area contributed by atoms with Crippen LogP contribution >= 0.6 is 0 Å². The molecule has 0 amide bonds. The summed E-state index contributed by atoms with van der Waals surface area (Å²) in [5.41, 5.74) is 2.04. The maximum atomic E-state index is 11.0. The van der Waals surface area contributed by atoms with Crippen molar-refractivity contribution in [3.63, 3.8) is 0 Å². The number of carboxylic acids is 1. The van der Waals surface area contributed by atoms with Crippen molar-refractivity contribution in [1.29, 1.82) is 0 Å². The van der Waals surface area contributed by atoms with Crippen LogP contribution in [0.5, 0.6) is 0 Å². The number of unbranched alkanes of at least 4 members (excludes halogenated alkanes) is 2. The molecule has 27 heavy (non-hydrogen) atoms. The summed E-state index contributed by atoms with van der Waals surface area (Å²) in [7, 11) is 0. The van der Waals surface area contributed by atoms with Crippen molar-refractivity contribution in [1.82, 2.24) is 0 Å². The van der Waals surface area contributed by atoms with E-state index in [-0.39, 0.29) is 0 Å². The van der Waals surface area contributed by atoms with Gasteiger partial charge < -0.3 is 19.5 Å².